The molecule has 0 aliphatic rings. The van der Waals surface area contributed by atoms with Gasteiger partial charge in [-0.2, -0.15) is 10.2 Å². The third-order valence-electron chi connectivity index (χ3n) is 2.54. The molecule has 0 aliphatic heterocycles. The van der Waals surface area contributed by atoms with E-state index >= 15 is 0 Å². The van der Waals surface area contributed by atoms with Gasteiger partial charge in [-0.15, -0.1) is 0 Å². The maximum atomic E-state index is 10.9. The Labute approximate surface area is 115 Å². The van der Waals surface area contributed by atoms with Gasteiger partial charge in [0.2, 0.25) is 11.9 Å². The molecule has 0 fully saturated rings. The molecule has 0 atom stereocenters. The number of nitrogens with one attached hydrogen (secondary N) is 1. The first kappa shape index (κ1) is 13.3. The van der Waals surface area contributed by atoms with Gasteiger partial charge < -0.3 is 16.8 Å². The molecule has 0 saturated heterocycles. The largest absolute Gasteiger partial charge is 0.382 e. The van der Waals surface area contributed by atoms with Crippen molar-refractivity contribution in [1.29, 1.82) is 5.26 Å². The zero-order chi connectivity index (χ0) is 14.7. The summed E-state index contributed by atoms with van der Waals surface area (Å²) in [4.78, 5) is 18.7. The molecule has 0 spiro atoms. The summed E-state index contributed by atoms with van der Waals surface area (Å²) in [7, 11) is 0. The molecule has 7 heteroatoms. The predicted octanol–water partition coefficient (Wildman–Crippen LogP) is 1.14. The summed E-state index contributed by atoms with van der Waals surface area (Å²) >= 11 is 0. The van der Waals surface area contributed by atoms with Crippen LogP contribution in [0.15, 0.2) is 24.3 Å². The van der Waals surface area contributed by atoms with Crippen molar-refractivity contribution in [3.8, 4) is 17.3 Å². The van der Waals surface area contributed by atoms with Crippen LogP contribution in [0.5, 0.6) is 0 Å². The summed E-state index contributed by atoms with van der Waals surface area (Å²) in [5.41, 5.74) is 13.1. The zero-order valence-electron chi connectivity index (χ0n) is 10.7. The minimum atomic E-state index is -0.161. The van der Waals surface area contributed by atoms with Gasteiger partial charge in [0, 0.05) is 18.2 Å². The normalized spacial score (nSPS) is 9.80. The minimum absolute atomic E-state index is 0.00226. The van der Waals surface area contributed by atoms with Crippen LogP contribution in [-0.4, -0.2) is 15.9 Å². The van der Waals surface area contributed by atoms with E-state index in [1.165, 1.54) is 6.92 Å². The Morgan fingerprint density at radius 2 is 1.90 bits per heavy atom. The highest BCUT2D eigenvalue weighted by Gasteiger charge is 2.13. The molecule has 20 heavy (non-hydrogen) atoms. The lowest BCUT2D eigenvalue weighted by Gasteiger charge is -2.07. The van der Waals surface area contributed by atoms with E-state index < -0.39 is 0 Å². The van der Waals surface area contributed by atoms with Gasteiger partial charge in [0.15, 0.2) is 0 Å². The molecule has 100 valence electrons. The molecule has 1 aromatic heterocycles. The number of benzene rings is 1. The summed E-state index contributed by atoms with van der Waals surface area (Å²) in [6.07, 6.45) is 0. The van der Waals surface area contributed by atoms with Gasteiger partial charge in [0.05, 0.1) is 5.69 Å². The molecule has 1 heterocycles. The third kappa shape index (κ3) is 2.64. The standard InChI is InChI=1S/C13H12N6O/c1-7(20)17-9-4-2-8(3-5-9)11-10(6-14)12(15)19-13(16)18-11/h2-5H,1H3,(H,17,20)(H4,15,16,18,19). The maximum absolute atomic E-state index is 10.9. The molecule has 7 nitrogen and oxygen atoms in total. The Bertz CT molecular complexity index is 702. The minimum Gasteiger partial charge on any atom is -0.382 e. The number of carbonyl (C=O) groups excluding carboxylic acids is 1. The number of hydrogen-bond donors (Lipinski definition) is 3. The van der Waals surface area contributed by atoms with Crippen LogP contribution in [0, 0.1) is 11.3 Å². The van der Waals surface area contributed by atoms with E-state index in [9.17, 15) is 4.79 Å². The first-order valence-electron chi connectivity index (χ1n) is 5.72. The average molecular weight is 268 g/mol. The second-order valence-corrected chi connectivity index (χ2v) is 4.06. The van der Waals surface area contributed by atoms with Gasteiger partial charge in [-0.3, -0.25) is 4.79 Å². The predicted molar refractivity (Wildman–Crippen MR) is 75.3 cm³/mol. The van der Waals surface area contributed by atoms with Gasteiger partial charge in [0.25, 0.3) is 0 Å². The SMILES string of the molecule is CC(=O)Nc1ccc(-c2nc(N)nc(N)c2C#N)cc1. The van der Waals surface area contributed by atoms with Gasteiger partial charge in [-0.1, -0.05) is 12.1 Å². The number of nitrogen functional groups attached to an aromatic ring is 2. The lowest BCUT2D eigenvalue weighted by Crippen LogP contribution is -2.06. The topological polar surface area (TPSA) is 131 Å². The van der Waals surface area contributed by atoms with Crippen molar-refractivity contribution >= 4 is 23.4 Å². The van der Waals surface area contributed by atoms with E-state index in [1.807, 2.05) is 6.07 Å². The highest BCUT2D eigenvalue weighted by atomic mass is 16.1. The molecule has 0 saturated carbocycles. The van der Waals surface area contributed by atoms with Crippen molar-refractivity contribution in [1.82, 2.24) is 9.97 Å². The molecular weight excluding hydrogens is 256 g/mol. The van der Waals surface area contributed by atoms with E-state index in [1.54, 1.807) is 24.3 Å². The number of aromatic nitrogens is 2. The Morgan fingerprint density at radius 1 is 1.25 bits per heavy atom. The summed E-state index contributed by atoms with van der Waals surface area (Å²) in [6.45, 7) is 1.42. The maximum Gasteiger partial charge on any atom is 0.222 e. The Kier molecular flexibility index (Phi) is 3.48. The van der Waals surface area contributed by atoms with Crippen LogP contribution in [0.2, 0.25) is 0 Å². The van der Waals surface area contributed by atoms with Crippen LogP contribution >= 0.6 is 0 Å². The molecule has 1 amide bonds. The highest BCUT2D eigenvalue weighted by Crippen LogP contribution is 2.26. The highest BCUT2D eigenvalue weighted by molar-refractivity contribution is 5.89. The van der Waals surface area contributed by atoms with Crippen LogP contribution in [0.1, 0.15) is 12.5 Å². The summed E-state index contributed by atoms with van der Waals surface area (Å²) in [5.74, 6) is -0.116. The van der Waals surface area contributed by atoms with Crippen LogP contribution in [0.4, 0.5) is 17.5 Å². The third-order valence-corrected chi connectivity index (χ3v) is 2.54. The fourth-order valence-electron chi connectivity index (χ4n) is 1.73. The van der Waals surface area contributed by atoms with Crippen molar-refractivity contribution in [3.63, 3.8) is 0 Å². The van der Waals surface area contributed by atoms with E-state index in [4.69, 9.17) is 16.7 Å². The molecule has 0 radical (unpaired) electrons. The van der Waals surface area contributed by atoms with Crippen molar-refractivity contribution in [2.45, 2.75) is 6.92 Å². The number of nitriles is 1. The van der Waals surface area contributed by atoms with Crippen molar-refractivity contribution in [3.05, 3.63) is 29.8 Å². The van der Waals surface area contributed by atoms with Gasteiger partial charge in [-0.05, 0) is 12.1 Å². The summed E-state index contributed by atoms with van der Waals surface area (Å²) < 4.78 is 0. The Hall–Kier alpha value is -3.14. The molecule has 0 bridgehead atoms. The number of nitrogens with two attached hydrogens (primary N) is 2. The fourth-order valence-corrected chi connectivity index (χ4v) is 1.73. The molecule has 0 aliphatic carbocycles. The van der Waals surface area contributed by atoms with E-state index in [0.717, 1.165) is 0 Å². The first-order valence-corrected chi connectivity index (χ1v) is 5.72. The lowest BCUT2D eigenvalue weighted by atomic mass is 10.1. The quantitative estimate of drug-likeness (QED) is 0.748. The van der Waals surface area contributed by atoms with Crippen LogP contribution in [0.25, 0.3) is 11.3 Å². The Balaban J connectivity index is 2.47. The average Bonchev–Trinajstić information content (AvgIpc) is 2.38. The molecule has 2 rings (SSSR count). The number of hydrogen-bond acceptors (Lipinski definition) is 6. The first-order chi connectivity index (χ1) is 9.51. The fraction of sp³-hybridized carbons (Fsp3) is 0.0769. The zero-order valence-corrected chi connectivity index (χ0v) is 10.7. The Morgan fingerprint density at radius 3 is 2.45 bits per heavy atom. The smallest absolute Gasteiger partial charge is 0.222 e. The van der Waals surface area contributed by atoms with Crippen LogP contribution in [0.3, 0.4) is 0 Å². The van der Waals surface area contributed by atoms with Gasteiger partial charge in [-0.25, -0.2) is 4.98 Å². The van der Waals surface area contributed by atoms with Crippen molar-refractivity contribution < 1.29 is 4.79 Å². The number of anilines is 3. The lowest BCUT2D eigenvalue weighted by molar-refractivity contribution is -0.114. The molecule has 1 aromatic carbocycles. The molecule has 2 aromatic rings. The number of rotatable bonds is 2. The number of nitrogens with zero attached hydrogens (tertiary/aromatic N) is 3. The second-order valence-electron chi connectivity index (χ2n) is 4.06. The van der Waals surface area contributed by atoms with E-state index in [2.05, 4.69) is 15.3 Å². The van der Waals surface area contributed by atoms with Crippen molar-refractivity contribution in [2.24, 2.45) is 0 Å². The summed E-state index contributed by atoms with van der Waals surface area (Å²) in [6, 6.07) is 8.79. The molecule has 5 N–H and O–H groups in total. The monoisotopic (exact) mass is 268 g/mol. The van der Waals surface area contributed by atoms with Gasteiger partial charge in [0.1, 0.15) is 17.5 Å². The number of amides is 1. The van der Waals surface area contributed by atoms with Crippen LogP contribution < -0.4 is 16.8 Å². The molecule has 0 unspecified atom stereocenters. The second kappa shape index (κ2) is 5.24. The van der Waals surface area contributed by atoms with Crippen LogP contribution in [-0.2, 0) is 4.79 Å². The van der Waals surface area contributed by atoms with E-state index in [0.29, 0.717) is 16.9 Å². The van der Waals surface area contributed by atoms with Crippen molar-refractivity contribution in [2.75, 3.05) is 16.8 Å². The number of carbonyl (C=O) groups is 1. The molecular formula is C13H12N6O. The van der Waals surface area contributed by atoms with Gasteiger partial charge >= 0.3 is 0 Å². The van der Waals surface area contributed by atoms with E-state index in [-0.39, 0.29) is 23.2 Å². The summed E-state index contributed by atoms with van der Waals surface area (Å²) in [5, 5.41) is 11.8.